The van der Waals surface area contributed by atoms with Crippen LogP contribution in [0.15, 0.2) is 134 Å². The molecule has 0 unspecified atom stereocenters. The average molecular weight is 553 g/mol. The number of nitrogens with zero attached hydrogens (tertiary/aromatic N) is 4. The van der Waals surface area contributed by atoms with Gasteiger partial charge in [-0.25, -0.2) is 4.98 Å². The Hall–Kier alpha value is -5.48. The van der Waals surface area contributed by atoms with Crippen molar-refractivity contribution in [1.82, 2.24) is 19.1 Å². The lowest BCUT2D eigenvalue weighted by molar-refractivity contribution is 0.628. The van der Waals surface area contributed by atoms with Gasteiger partial charge in [-0.2, -0.15) is 0 Å². The lowest BCUT2D eigenvalue weighted by Crippen LogP contribution is -2.26. The van der Waals surface area contributed by atoms with Gasteiger partial charge >= 0.3 is 0 Å². The average Bonchev–Trinajstić information content (AvgIpc) is 3.61. The summed E-state index contributed by atoms with van der Waals surface area (Å²) in [5.41, 5.74) is 12.4. The van der Waals surface area contributed by atoms with Gasteiger partial charge < -0.3 is 4.57 Å². The summed E-state index contributed by atoms with van der Waals surface area (Å²) in [6.07, 6.45) is 1.85. The smallest absolute Gasteiger partial charge is 0.146 e. The maximum absolute atomic E-state index is 5.29. The molecule has 43 heavy (non-hydrogen) atoms. The number of hydrogen-bond acceptors (Lipinski definition) is 2. The zero-order chi connectivity index (χ0) is 28.7. The van der Waals surface area contributed by atoms with Gasteiger partial charge in [0, 0.05) is 39.2 Å². The summed E-state index contributed by atoms with van der Waals surface area (Å²) in [5.74, 6) is 0.935. The lowest BCUT2D eigenvalue weighted by Gasteiger charge is -2.35. The molecule has 4 heteroatoms. The highest BCUT2D eigenvalue weighted by molar-refractivity contribution is 6.09. The van der Waals surface area contributed by atoms with Crippen molar-refractivity contribution in [3.05, 3.63) is 145 Å². The molecule has 0 spiro atoms. The minimum Gasteiger partial charge on any atom is -0.309 e. The van der Waals surface area contributed by atoms with Crippen LogP contribution in [0.25, 0.3) is 66.9 Å². The van der Waals surface area contributed by atoms with Crippen molar-refractivity contribution in [2.75, 3.05) is 0 Å². The molecule has 0 bridgehead atoms. The summed E-state index contributed by atoms with van der Waals surface area (Å²) in [7, 11) is 0. The number of hydrogen-bond donors (Lipinski definition) is 0. The fourth-order valence-electron chi connectivity index (χ4n) is 7.17. The third-order valence-electron chi connectivity index (χ3n) is 9.19. The van der Waals surface area contributed by atoms with Gasteiger partial charge in [0.05, 0.1) is 33.4 Å². The minimum atomic E-state index is -0.225. The number of aromatic nitrogens is 4. The van der Waals surface area contributed by atoms with Crippen LogP contribution in [0.3, 0.4) is 0 Å². The van der Waals surface area contributed by atoms with Crippen molar-refractivity contribution in [2.24, 2.45) is 0 Å². The van der Waals surface area contributed by atoms with Gasteiger partial charge in [-0.15, -0.1) is 0 Å². The van der Waals surface area contributed by atoms with Gasteiger partial charge in [0.2, 0.25) is 0 Å². The molecule has 1 aliphatic rings. The van der Waals surface area contributed by atoms with Gasteiger partial charge in [-0.3, -0.25) is 9.55 Å². The number of imidazole rings is 1. The van der Waals surface area contributed by atoms with E-state index in [4.69, 9.17) is 9.97 Å². The van der Waals surface area contributed by atoms with E-state index in [1.165, 1.54) is 44.1 Å². The molecular formula is C39H28N4. The molecule has 0 fully saturated rings. The first-order valence-electron chi connectivity index (χ1n) is 14.8. The second-order valence-electron chi connectivity index (χ2n) is 11.9. The fourth-order valence-corrected chi connectivity index (χ4v) is 7.17. The molecule has 0 atom stereocenters. The van der Waals surface area contributed by atoms with Crippen molar-refractivity contribution in [3.8, 4) is 34.0 Å². The quantitative estimate of drug-likeness (QED) is 0.219. The molecule has 5 aromatic carbocycles. The molecule has 3 aromatic heterocycles. The highest BCUT2D eigenvalue weighted by atomic mass is 15.1. The monoisotopic (exact) mass is 552 g/mol. The fraction of sp³-hybridized carbons (Fsp3) is 0.0769. The van der Waals surface area contributed by atoms with Crippen LogP contribution in [0.2, 0.25) is 0 Å². The Morgan fingerprint density at radius 1 is 0.581 bits per heavy atom. The Bertz CT molecular complexity index is 2320. The number of benzene rings is 5. The van der Waals surface area contributed by atoms with E-state index in [0.717, 1.165) is 33.8 Å². The van der Waals surface area contributed by atoms with E-state index in [1.54, 1.807) is 0 Å². The molecule has 1 aliphatic heterocycles. The standard InChI is InChI=1S/C39H28N4/c1-39(2)30-16-11-18-33-37(30)43(38(41-33)29-15-4-3-12-26(29)32-17-9-10-23-40-32)36-22-21-25(24-31(36)39)42-34-19-7-5-13-27(34)28-14-6-8-20-35(28)42/h3-24H,1-2H3. The van der Waals surface area contributed by atoms with Crippen LogP contribution in [0.5, 0.6) is 0 Å². The zero-order valence-corrected chi connectivity index (χ0v) is 24.0. The summed E-state index contributed by atoms with van der Waals surface area (Å²) in [6, 6.07) is 45.4. The van der Waals surface area contributed by atoms with Crippen molar-refractivity contribution in [3.63, 3.8) is 0 Å². The number of rotatable bonds is 3. The van der Waals surface area contributed by atoms with Crippen LogP contribution >= 0.6 is 0 Å². The molecule has 0 saturated carbocycles. The van der Waals surface area contributed by atoms with Gasteiger partial charge in [0.25, 0.3) is 0 Å². The van der Waals surface area contributed by atoms with Gasteiger partial charge in [-0.1, -0.05) is 92.7 Å². The van der Waals surface area contributed by atoms with Gasteiger partial charge in [-0.05, 0) is 59.7 Å². The molecular weight excluding hydrogens is 524 g/mol. The number of para-hydroxylation sites is 3. The van der Waals surface area contributed by atoms with Crippen LogP contribution in [0, 0.1) is 0 Å². The van der Waals surface area contributed by atoms with Crippen LogP contribution in [-0.4, -0.2) is 19.1 Å². The summed E-state index contributed by atoms with van der Waals surface area (Å²) < 4.78 is 4.78. The normalized spacial score (nSPS) is 13.5. The Labute approximate surface area is 249 Å². The Morgan fingerprint density at radius 3 is 2.02 bits per heavy atom. The third-order valence-corrected chi connectivity index (χ3v) is 9.19. The molecule has 0 radical (unpaired) electrons. The molecule has 4 heterocycles. The Balaban J connectivity index is 1.34. The summed E-state index contributed by atoms with van der Waals surface area (Å²) in [4.78, 5) is 9.98. The summed E-state index contributed by atoms with van der Waals surface area (Å²) in [5, 5.41) is 2.54. The highest BCUT2D eigenvalue weighted by Crippen LogP contribution is 2.48. The van der Waals surface area contributed by atoms with Gasteiger partial charge in [0.1, 0.15) is 5.82 Å². The first-order valence-corrected chi connectivity index (χ1v) is 14.8. The van der Waals surface area contributed by atoms with E-state index in [0.29, 0.717) is 0 Å². The van der Waals surface area contributed by atoms with E-state index in [2.05, 4.69) is 138 Å². The molecule has 204 valence electrons. The topological polar surface area (TPSA) is 35.6 Å². The molecule has 8 aromatic rings. The van der Waals surface area contributed by atoms with Crippen molar-refractivity contribution < 1.29 is 0 Å². The van der Waals surface area contributed by atoms with Crippen LogP contribution in [0.4, 0.5) is 0 Å². The Morgan fingerprint density at radius 2 is 1.28 bits per heavy atom. The first-order chi connectivity index (χ1) is 21.1. The Kier molecular flexibility index (Phi) is 4.92. The van der Waals surface area contributed by atoms with Gasteiger partial charge in [0.15, 0.2) is 0 Å². The van der Waals surface area contributed by atoms with Crippen LogP contribution < -0.4 is 0 Å². The van der Waals surface area contributed by atoms with E-state index in [1.807, 2.05) is 18.3 Å². The summed E-state index contributed by atoms with van der Waals surface area (Å²) >= 11 is 0. The highest BCUT2D eigenvalue weighted by Gasteiger charge is 2.36. The summed E-state index contributed by atoms with van der Waals surface area (Å²) in [6.45, 7) is 4.68. The maximum atomic E-state index is 5.29. The lowest BCUT2D eigenvalue weighted by atomic mass is 9.74. The number of pyridine rings is 1. The zero-order valence-electron chi connectivity index (χ0n) is 24.0. The largest absolute Gasteiger partial charge is 0.309 e. The molecule has 0 aliphatic carbocycles. The maximum Gasteiger partial charge on any atom is 0.146 e. The van der Waals surface area contributed by atoms with E-state index in [-0.39, 0.29) is 5.41 Å². The molecule has 4 nitrogen and oxygen atoms in total. The van der Waals surface area contributed by atoms with Crippen molar-refractivity contribution >= 4 is 32.8 Å². The molecule has 9 rings (SSSR count). The minimum absolute atomic E-state index is 0.225. The second-order valence-corrected chi connectivity index (χ2v) is 11.9. The molecule has 0 saturated heterocycles. The van der Waals surface area contributed by atoms with E-state index < -0.39 is 0 Å². The predicted octanol–water partition coefficient (Wildman–Crippen LogP) is 9.49. The van der Waals surface area contributed by atoms with E-state index in [9.17, 15) is 0 Å². The van der Waals surface area contributed by atoms with Crippen LogP contribution in [-0.2, 0) is 5.41 Å². The second kappa shape index (κ2) is 8.76. The van der Waals surface area contributed by atoms with E-state index >= 15 is 0 Å². The molecule has 0 N–H and O–H groups in total. The molecule has 0 amide bonds. The predicted molar refractivity (Wildman–Crippen MR) is 176 cm³/mol. The first kappa shape index (κ1) is 24.2. The van der Waals surface area contributed by atoms with Crippen molar-refractivity contribution in [2.45, 2.75) is 19.3 Å². The number of fused-ring (bicyclic) bond motifs is 5. The third kappa shape index (κ3) is 3.32. The SMILES string of the molecule is CC1(C)c2cc(-n3c4ccccc4c4ccccc43)ccc2-n2c(-c3ccccc3-c3ccccn3)nc3cccc1c32. The van der Waals surface area contributed by atoms with Crippen molar-refractivity contribution in [1.29, 1.82) is 0 Å². The van der Waals surface area contributed by atoms with Crippen LogP contribution in [0.1, 0.15) is 25.0 Å².